The molecule has 1 aliphatic heterocycles. The molecule has 1 heterocycles. The van der Waals surface area contributed by atoms with Gasteiger partial charge in [0.15, 0.2) is 0 Å². The van der Waals surface area contributed by atoms with E-state index in [4.69, 9.17) is 28.9 Å². The molecule has 1 amide bonds. The summed E-state index contributed by atoms with van der Waals surface area (Å²) >= 11 is 0. The highest BCUT2D eigenvalue weighted by Crippen LogP contribution is 2.62. The third kappa shape index (κ3) is 9.62. The van der Waals surface area contributed by atoms with Gasteiger partial charge in [0.05, 0.1) is 18.2 Å². The third-order valence-corrected chi connectivity index (χ3v) is 11.7. The molecule has 0 saturated heterocycles. The summed E-state index contributed by atoms with van der Waals surface area (Å²) in [6.07, 6.45) is 8.55. The van der Waals surface area contributed by atoms with Crippen molar-refractivity contribution in [3.63, 3.8) is 0 Å². The normalized spacial score (nSPS) is 24.2. The number of nitrogens with zero attached hydrogens (tertiary/aromatic N) is 2. The van der Waals surface area contributed by atoms with Crippen LogP contribution < -0.4 is 9.47 Å². The molecule has 1 fully saturated rings. The van der Waals surface area contributed by atoms with Crippen molar-refractivity contribution in [3.8, 4) is 17.2 Å². The van der Waals surface area contributed by atoms with Gasteiger partial charge in [-0.3, -0.25) is 0 Å². The molecular formula is C48H62N2O8. The van der Waals surface area contributed by atoms with Gasteiger partial charge < -0.3 is 38.9 Å². The number of allylic oxidation sites excluding steroid dienone is 1. The number of hydrogen-bond donors (Lipinski definition) is 2. The molecule has 6 rings (SSSR count). The molecule has 3 aromatic carbocycles. The molecule has 3 aromatic rings. The number of aliphatic hydroxyl groups excluding tert-OH is 2. The van der Waals surface area contributed by atoms with Crippen molar-refractivity contribution in [1.82, 2.24) is 4.90 Å². The molecule has 2 aliphatic carbocycles. The van der Waals surface area contributed by atoms with Gasteiger partial charge in [0.1, 0.15) is 35.5 Å². The van der Waals surface area contributed by atoms with Crippen LogP contribution in [0.4, 0.5) is 4.79 Å². The van der Waals surface area contributed by atoms with Gasteiger partial charge in [-0.05, 0) is 125 Å². The molecule has 0 aromatic heterocycles. The number of hydrogen-bond acceptors (Lipinski definition) is 9. The zero-order valence-electron chi connectivity index (χ0n) is 35.1. The summed E-state index contributed by atoms with van der Waals surface area (Å²) < 4.78 is 26.7. The van der Waals surface area contributed by atoms with Gasteiger partial charge in [-0.25, -0.2) is 4.79 Å². The highest BCUT2D eigenvalue weighted by molar-refractivity contribution is 6.03. The maximum absolute atomic E-state index is 14.1. The fourth-order valence-corrected chi connectivity index (χ4v) is 8.85. The first kappa shape index (κ1) is 43.0. The predicted octanol–water partition coefficient (Wildman–Crippen LogP) is 9.80. The van der Waals surface area contributed by atoms with E-state index in [1.54, 1.807) is 18.0 Å². The zero-order valence-corrected chi connectivity index (χ0v) is 35.1. The summed E-state index contributed by atoms with van der Waals surface area (Å²) in [5, 5.41) is 24.7. The second-order valence-corrected chi connectivity index (χ2v) is 17.0. The molecule has 10 heteroatoms. The van der Waals surface area contributed by atoms with Crippen LogP contribution in [0, 0.1) is 31.6 Å². The van der Waals surface area contributed by atoms with Crippen LogP contribution in [-0.4, -0.2) is 71.2 Å². The zero-order chi connectivity index (χ0) is 41.5. The maximum Gasteiger partial charge on any atom is 0.410 e. The number of unbranched alkanes of at least 4 members (excludes halogenated alkanes) is 2. The van der Waals surface area contributed by atoms with Crippen LogP contribution in [0.15, 0.2) is 96.2 Å². The van der Waals surface area contributed by atoms with Gasteiger partial charge in [-0.2, -0.15) is 0 Å². The van der Waals surface area contributed by atoms with E-state index in [0.29, 0.717) is 24.3 Å². The second kappa shape index (κ2) is 19.0. The summed E-state index contributed by atoms with van der Waals surface area (Å²) in [4.78, 5) is 21.9. The van der Waals surface area contributed by atoms with Gasteiger partial charge in [0.2, 0.25) is 5.79 Å². The summed E-state index contributed by atoms with van der Waals surface area (Å²) in [6.45, 7) is 14.6. The van der Waals surface area contributed by atoms with Crippen molar-refractivity contribution in [2.24, 2.45) is 22.9 Å². The summed E-state index contributed by atoms with van der Waals surface area (Å²) in [7, 11) is 1.74. The van der Waals surface area contributed by atoms with Crippen LogP contribution in [-0.2, 0) is 20.9 Å². The van der Waals surface area contributed by atoms with Gasteiger partial charge >= 0.3 is 6.09 Å². The Kier molecular flexibility index (Phi) is 14.0. The fraction of sp³-hybridized carbons (Fsp3) is 0.500. The average Bonchev–Trinajstić information content (AvgIpc) is 3.21. The molecule has 0 bridgehead atoms. The number of likely N-dealkylation sites (N-methyl/N-ethyl adjacent to an activating group) is 1. The van der Waals surface area contributed by atoms with E-state index in [1.165, 1.54) is 5.56 Å². The van der Waals surface area contributed by atoms with Crippen LogP contribution in [0.25, 0.3) is 0 Å². The number of carbonyl (C=O) groups excluding carboxylic acids is 1. The Morgan fingerprint density at radius 3 is 2.36 bits per heavy atom. The molecule has 58 heavy (non-hydrogen) atoms. The number of aliphatic hydroxyl groups is 2. The number of amides is 1. The largest absolute Gasteiger partial charge is 0.459 e. The molecular weight excluding hydrogens is 733 g/mol. The van der Waals surface area contributed by atoms with Crippen LogP contribution >= 0.6 is 0 Å². The van der Waals surface area contributed by atoms with Crippen molar-refractivity contribution in [2.45, 2.75) is 110 Å². The van der Waals surface area contributed by atoms with E-state index in [-0.39, 0.29) is 50.6 Å². The lowest BCUT2D eigenvalue weighted by Gasteiger charge is -2.59. The second-order valence-electron chi connectivity index (χ2n) is 17.0. The van der Waals surface area contributed by atoms with Gasteiger partial charge in [-0.1, -0.05) is 66.5 Å². The minimum atomic E-state index is -1.37. The average molecular weight is 795 g/mol. The number of aryl methyl sites for hydroxylation is 2. The summed E-state index contributed by atoms with van der Waals surface area (Å²) in [5.41, 5.74) is 5.32. The lowest BCUT2D eigenvalue weighted by atomic mass is 9.55. The standard InChI is InChI=1S/C48H62N2O8/c1-8-26-55-48-43(50(7)46(53)54-31-34-16-10-9-11-17-34)30-41(49-58-47(4,5)6)39-28-35(18-12-14-24-51)38(19-13-15-25-52)44(45(39)48)40-29-37(22-23-42(40)57-48)56-36-21-20-32(2)33(3)27-36/h8-11,16-17,20-23,27-29,35,38,43-45,51-52H,1,12-15,18-19,24-26,30-31H2,2-7H3. The van der Waals surface area contributed by atoms with Crippen molar-refractivity contribution in [1.29, 1.82) is 0 Å². The number of fused-ring (bicyclic) bond motifs is 2. The molecule has 1 saturated carbocycles. The van der Waals surface area contributed by atoms with Gasteiger partial charge in [0, 0.05) is 38.2 Å². The van der Waals surface area contributed by atoms with E-state index in [9.17, 15) is 15.0 Å². The Hall–Kier alpha value is -4.64. The van der Waals surface area contributed by atoms with Crippen molar-refractivity contribution >= 4 is 11.8 Å². The number of rotatable bonds is 17. The van der Waals surface area contributed by atoms with Crippen molar-refractivity contribution in [2.75, 3.05) is 26.9 Å². The molecule has 6 atom stereocenters. The first-order chi connectivity index (χ1) is 27.9. The maximum atomic E-state index is 14.1. The van der Waals surface area contributed by atoms with Gasteiger partial charge in [0.25, 0.3) is 0 Å². The molecule has 3 aliphatic rings. The fourth-order valence-electron chi connectivity index (χ4n) is 8.85. The molecule has 312 valence electrons. The van der Waals surface area contributed by atoms with E-state index >= 15 is 0 Å². The first-order valence-corrected chi connectivity index (χ1v) is 20.8. The van der Waals surface area contributed by atoms with Crippen LogP contribution in [0.3, 0.4) is 0 Å². The van der Waals surface area contributed by atoms with Crippen molar-refractivity contribution < 1.29 is 38.8 Å². The Bertz CT molecular complexity index is 1940. The minimum Gasteiger partial charge on any atom is -0.459 e. The Morgan fingerprint density at radius 1 is 0.966 bits per heavy atom. The van der Waals surface area contributed by atoms with Crippen LogP contribution in [0.5, 0.6) is 17.2 Å². The summed E-state index contributed by atoms with van der Waals surface area (Å²) in [6, 6.07) is 21.0. The SMILES string of the molecule is C=CCOC12Oc3ccc(Oc4ccc(C)c(C)c4)cc3C3C(CCCCO)C(CCCCO)C=C(C(=NOC(C)(C)C)CC1N(C)C(=O)OCc1ccccc1)C32. The number of carbonyl (C=O) groups is 1. The number of oxime groups is 1. The molecule has 6 unspecified atom stereocenters. The van der Waals surface area contributed by atoms with Crippen LogP contribution in [0.1, 0.15) is 93.9 Å². The van der Waals surface area contributed by atoms with E-state index in [2.05, 4.69) is 38.6 Å². The summed E-state index contributed by atoms with van der Waals surface area (Å²) in [5.74, 6) is 0.301. The Morgan fingerprint density at radius 2 is 1.67 bits per heavy atom. The number of ether oxygens (including phenoxy) is 4. The predicted molar refractivity (Wildman–Crippen MR) is 226 cm³/mol. The lowest BCUT2D eigenvalue weighted by molar-refractivity contribution is -0.253. The van der Waals surface area contributed by atoms with Crippen LogP contribution in [0.2, 0.25) is 0 Å². The monoisotopic (exact) mass is 794 g/mol. The molecule has 2 N–H and O–H groups in total. The topological polar surface area (TPSA) is 119 Å². The van der Waals surface area contributed by atoms with E-state index < -0.39 is 29.4 Å². The molecule has 0 radical (unpaired) electrons. The van der Waals surface area contributed by atoms with E-state index in [1.807, 2.05) is 75.4 Å². The quantitative estimate of drug-likeness (QED) is 0.0788. The lowest BCUT2D eigenvalue weighted by Crippen LogP contribution is -2.69. The van der Waals surface area contributed by atoms with Gasteiger partial charge in [-0.15, -0.1) is 6.58 Å². The third-order valence-electron chi connectivity index (χ3n) is 11.7. The Labute approximate surface area is 344 Å². The Balaban J connectivity index is 1.54. The first-order valence-electron chi connectivity index (χ1n) is 20.8. The highest BCUT2D eigenvalue weighted by atomic mass is 16.7. The smallest absolute Gasteiger partial charge is 0.410 e. The highest BCUT2D eigenvalue weighted by Gasteiger charge is 2.65. The molecule has 0 spiro atoms. The minimum absolute atomic E-state index is 0.0871. The van der Waals surface area contributed by atoms with Crippen molar-refractivity contribution in [3.05, 3.63) is 113 Å². The van der Waals surface area contributed by atoms with E-state index in [0.717, 1.165) is 59.4 Å². The molecule has 10 nitrogen and oxygen atoms in total. The number of benzene rings is 3.